The van der Waals surface area contributed by atoms with E-state index in [-0.39, 0.29) is 11.3 Å². The second kappa shape index (κ2) is 6.00. The highest BCUT2D eigenvalue weighted by molar-refractivity contribution is 5.96. The molecule has 118 valence electrons. The minimum absolute atomic E-state index is 0.168. The molecule has 0 saturated carbocycles. The van der Waals surface area contributed by atoms with Crippen LogP contribution in [0.2, 0.25) is 0 Å². The molecule has 22 heavy (non-hydrogen) atoms. The Bertz CT molecular complexity index is 642. The summed E-state index contributed by atoms with van der Waals surface area (Å²) in [4.78, 5) is 35.3. The summed E-state index contributed by atoms with van der Waals surface area (Å²) in [5, 5.41) is 20.4. The Hall–Kier alpha value is -2.64. The molecule has 0 spiro atoms. The van der Waals surface area contributed by atoms with Gasteiger partial charge in [-0.2, -0.15) is 0 Å². The van der Waals surface area contributed by atoms with Crippen LogP contribution in [0.1, 0.15) is 28.8 Å². The van der Waals surface area contributed by atoms with Gasteiger partial charge in [-0.3, -0.25) is 10.1 Å². The molecule has 1 N–H and O–H groups in total. The first-order valence-electron chi connectivity index (χ1n) is 6.73. The van der Waals surface area contributed by atoms with Gasteiger partial charge in [0.15, 0.2) is 0 Å². The van der Waals surface area contributed by atoms with E-state index in [0.717, 1.165) is 7.11 Å². The standard InChI is InChI=1S/C14H16N2O6/c1-8-6-9(15-5-3-4-11(15)13(17)18)7-10(14(19)22-2)12(8)16(20)21/h6-7,11H,3-5H2,1-2H3,(H,17,18)/t11-/m1/s1. The lowest BCUT2D eigenvalue weighted by Crippen LogP contribution is -2.36. The van der Waals surface area contributed by atoms with Crippen molar-refractivity contribution >= 4 is 23.3 Å². The lowest BCUT2D eigenvalue weighted by molar-refractivity contribution is -0.385. The smallest absolute Gasteiger partial charge is 0.344 e. The zero-order chi connectivity index (χ0) is 16.4. The van der Waals surface area contributed by atoms with E-state index in [1.54, 1.807) is 4.90 Å². The molecule has 0 bridgehead atoms. The van der Waals surface area contributed by atoms with Gasteiger partial charge in [-0.1, -0.05) is 0 Å². The van der Waals surface area contributed by atoms with Crippen molar-refractivity contribution in [3.8, 4) is 0 Å². The number of nitro benzene ring substituents is 1. The van der Waals surface area contributed by atoms with E-state index in [1.807, 2.05) is 0 Å². The number of rotatable bonds is 4. The lowest BCUT2D eigenvalue weighted by atomic mass is 10.1. The van der Waals surface area contributed by atoms with Gasteiger partial charge >= 0.3 is 11.9 Å². The molecule has 1 aliphatic rings. The summed E-state index contributed by atoms with van der Waals surface area (Å²) in [5.41, 5.74) is 0.285. The normalized spacial score (nSPS) is 17.4. The van der Waals surface area contributed by atoms with Crippen LogP contribution < -0.4 is 4.90 Å². The largest absolute Gasteiger partial charge is 0.480 e. The molecule has 0 aliphatic carbocycles. The number of ether oxygens (including phenoxy) is 1. The average molecular weight is 308 g/mol. The fraction of sp³-hybridized carbons (Fsp3) is 0.429. The van der Waals surface area contributed by atoms with Crippen molar-refractivity contribution in [1.82, 2.24) is 0 Å². The van der Waals surface area contributed by atoms with Crippen molar-refractivity contribution in [3.63, 3.8) is 0 Å². The first-order chi connectivity index (χ1) is 10.4. The third kappa shape index (κ3) is 2.72. The Kier molecular flexibility index (Phi) is 4.30. The SMILES string of the molecule is COC(=O)c1cc(N2CCC[C@@H]2C(=O)O)cc(C)c1[N+](=O)[O-]. The molecule has 8 nitrogen and oxygen atoms in total. The number of anilines is 1. The fourth-order valence-electron chi connectivity index (χ4n) is 2.77. The molecule has 2 rings (SSSR count). The van der Waals surface area contributed by atoms with Crippen molar-refractivity contribution < 1.29 is 24.4 Å². The van der Waals surface area contributed by atoms with Crippen LogP contribution in [0.5, 0.6) is 0 Å². The molecule has 1 saturated heterocycles. The Morgan fingerprint density at radius 3 is 2.68 bits per heavy atom. The third-order valence-corrected chi connectivity index (χ3v) is 3.74. The minimum atomic E-state index is -0.951. The van der Waals surface area contributed by atoms with E-state index in [4.69, 9.17) is 0 Å². The van der Waals surface area contributed by atoms with E-state index >= 15 is 0 Å². The number of aryl methyl sites for hydroxylation is 1. The summed E-state index contributed by atoms with van der Waals surface area (Å²) >= 11 is 0. The molecule has 1 heterocycles. The summed E-state index contributed by atoms with van der Waals surface area (Å²) in [6.07, 6.45) is 1.21. The first-order valence-corrected chi connectivity index (χ1v) is 6.73. The molecular weight excluding hydrogens is 292 g/mol. The summed E-state index contributed by atoms with van der Waals surface area (Å²) in [6.45, 7) is 2.04. The van der Waals surface area contributed by atoms with Crippen molar-refractivity contribution in [2.75, 3.05) is 18.6 Å². The molecule has 1 aromatic carbocycles. The highest BCUT2D eigenvalue weighted by atomic mass is 16.6. The maximum absolute atomic E-state index is 11.8. The van der Waals surface area contributed by atoms with Crippen molar-refractivity contribution in [2.24, 2.45) is 0 Å². The summed E-state index contributed by atoms with van der Waals surface area (Å²) in [7, 11) is 1.14. The van der Waals surface area contributed by atoms with Crippen LogP contribution in [0.3, 0.4) is 0 Å². The maximum Gasteiger partial charge on any atom is 0.344 e. The Morgan fingerprint density at radius 1 is 1.45 bits per heavy atom. The number of nitrogens with zero attached hydrogens (tertiary/aromatic N) is 2. The highest BCUT2D eigenvalue weighted by Gasteiger charge is 2.33. The van der Waals surface area contributed by atoms with Gasteiger partial charge in [0.1, 0.15) is 11.6 Å². The van der Waals surface area contributed by atoms with Crippen LogP contribution in [-0.4, -0.2) is 41.7 Å². The monoisotopic (exact) mass is 308 g/mol. The molecule has 1 aromatic rings. The first kappa shape index (κ1) is 15.7. The third-order valence-electron chi connectivity index (χ3n) is 3.74. The second-order valence-corrected chi connectivity index (χ2v) is 5.10. The van der Waals surface area contributed by atoms with E-state index in [2.05, 4.69) is 4.74 Å². The maximum atomic E-state index is 11.8. The van der Waals surface area contributed by atoms with Gasteiger partial charge in [0.05, 0.1) is 12.0 Å². The quantitative estimate of drug-likeness (QED) is 0.512. The van der Waals surface area contributed by atoms with Crippen molar-refractivity contribution in [1.29, 1.82) is 0 Å². The molecule has 0 radical (unpaired) electrons. The van der Waals surface area contributed by atoms with Crippen LogP contribution in [0.15, 0.2) is 12.1 Å². The van der Waals surface area contributed by atoms with Gasteiger partial charge in [0.25, 0.3) is 5.69 Å². The van der Waals surface area contributed by atoms with Crippen LogP contribution in [0.4, 0.5) is 11.4 Å². The zero-order valence-corrected chi connectivity index (χ0v) is 12.2. The molecule has 1 fully saturated rings. The predicted octanol–water partition coefficient (Wildman–Crippen LogP) is 1.74. The number of carboxylic acids is 1. The Labute approximate surface area is 126 Å². The number of carboxylic acid groups (broad SMARTS) is 1. The topological polar surface area (TPSA) is 110 Å². The number of nitro groups is 1. The number of methoxy groups -OCH3 is 1. The molecule has 1 aliphatic heterocycles. The fourth-order valence-corrected chi connectivity index (χ4v) is 2.77. The number of benzene rings is 1. The highest BCUT2D eigenvalue weighted by Crippen LogP contribution is 2.33. The molecule has 0 unspecified atom stereocenters. The molecule has 0 amide bonds. The van der Waals surface area contributed by atoms with Crippen LogP contribution in [0, 0.1) is 17.0 Å². The minimum Gasteiger partial charge on any atom is -0.480 e. The Morgan fingerprint density at radius 2 is 2.14 bits per heavy atom. The van der Waals surface area contributed by atoms with Gasteiger partial charge in [-0.15, -0.1) is 0 Å². The molecule has 1 atom stereocenters. The zero-order valence-electron chi connectivity index (χ0n) is 12.2. The molecule has 0 aromatic heterocycles. The molecule has 8 heteroatoms. The van der Waals surface area contributed by atoms with E-state index < -0.39 is 22.9 Å². The number of hydrogen-bond donors (Lipinski definition) is 1. The van der Waals surface area contributed by atoms with Crippen LogP contribution in [-0.2, 0) is 9.53 Å². The van der Waals surface area contributed by atoms with E-state index in [9.17, 15) is 24.8 Å². The van der Waals surface area contributed by atoms with E-state index in [0.29, 0.717) is 30.6 Å². The predicted molar refractivity (Wildman–Crippen MR) is 77.2 cm³/mol. The van der Waals surface area contributed by atoms with Gasteiger partial charge < -0.3 is 14.7 Å². The van der Waals surface area contributed by atoms with Gasteiger partial charge in [-0.25, -0.2) is 9.59 Å². The van der Waals surface area contributed by atoms with Crippen molar-refractivity contribution in [3.05, 3.63) is 33.4 Å². The van der Waals surface area contributed by atoms with Crippen LogP contribution >= 0.6 is 0 Å². The Balaban J connectivity index is 2.55. The summed E-state index contributed by atoms with van der Waals surface area (Å²) < 4.78 is 4.60. The van der Waals surface area contributed by atoms with E-state index in [1.165, 1.54) is 19.1 Å². The summed E-state index contributed by atoms with van der Waals surface area (Å²) in [5.74, 6) is -1.77. The average Bonchev–Trinajstić information content (AvgIpc) is 2.94. The summed E-state index contributed by atoms with van der Waals surface area (Å²) in [6, 6.07) is 2.18. The van der Waals surface area contributed by atoms with Crippen molar-refractivity contribution in [2.45, 2.75) is 25.8 Å². The number of carbonyl (C=O) groups excluding carboxylic acids is 1. The number of carbonyl (C=O) groups is 2. The van der Waals surface area contributed by atoms with Crippen LogP contribution in [0.25, 0.3) is 0 Å². The second-order valence-electron chi connectivity index (χ2n) is 5.10. The number of aliphatic carboxylic acids is 1. The number of esters is 1. The van der Waals surface area contributed by atoms with Gasteiger partial charge in [0.2, 0.25) is 0 Å². The lowest BCUT2D eigenvalue weighted by Gasteiger charge is -2.24. The van der Waals surface area contributed by atoms with Gasteiger partial charge in [0, 0.05) is 17.8 Å². The number of hydrogen-bond acceptors (Lipinski definition) is 6. The molecular formula is C14H16N2O6. The van der Waals surface area contributed by atoms with Gasteiger partial charge in [-0.05, 0) is 31.9 Å².